The SMILES string of the molecule is Cc1cccc(C(=O)N[C@H](C(=O)OCC(=O)N2CCN(c3ccc([N+](=O)[O-])cc3)CC2)C(C)C)c1. The molecule has 0 bridgehead atoms. The van der Waals surface area contributed by atoms with Gasteiger partial charge in [-0.15, -0.1) is 0 Å². The first-order chi connectivity index (χ1) is 16.7. The lowest BCUT2D eigenvalue weighted by molar-refractivity contribution is -0.384. The maximum Gasteiger partial charge on any atom is 0.329 e. The van der Waals surface area contributed by atoms with Crippen molar-refractivity contribution in [2.24, 2.45) is 5.92 Å². The molecular formula is C25H30N4O6. The van der Waals surface area contributed by atoms with Crippen molar-refractivity contribution in [1.82, 2.24) is 10.2 Å². The summed E-state index contributed by atoms with van der Waals surface area (Å²) in [7, 11) is 0. The molecule has 2 aromatic carbocycles. The molecule has 10 nitrogen and oxygen atoms in total. The molecule has 1 saturated heterocycles. The molecule has 0 radical (unpaired) electrons. The largest absolute Gasteiger partial charge is 0.454 e. The van der Waals surface area contributed by atoms with E-state index in [0.29, 0.717) is 31.7 Å². The van der Waals surface area contributed by atoms with Crippen molar-refractivity contribution < 1.29 is 24.0 Å². The van der Waals surface area contributed by atoms with Crippen molar-refractivity contribution in [3.05, 3.63) is 69.8 Å². The molecule has 1 atom stereocenters. The van der Waals surface area contributed by atoms with E-state index in [9.17, 15) is 24.5 Å². The Bertz CT molecular complexity index is 1080. The second-order valence-electron chi connectivity index (χ2n) is 8.81. The quantitative estimate of drug-likeness (QED) is 0.349. The van der Waals surface area contributed by atoms with Crippen LogP contribution in [0.5, 0.6) is 0 Å². The minimum absolute atomic E-state index is 0.0270. The molecule has 2 aromatic rings. The van der Waals surface area contributed by atoms with Gasteiger partial charge in [-0.2, -0.15) is 0 Å². The summed E-state index contributed by atoms with van der Waals surface area (Å²) in [6.07, 6.45) is 0. The van der Waals surface area contributed by atoms with Gasteiger partial charge in [0, 0.05) is 49.6 Å². The highest BCUT2D eigenvalue weighted by Crippen LogP contribution is 2.20. The fourth-order valence-electron chi connectivity index (χ4n) is 3.82. The van der Waals surface area contributed by atoms with Crippen molar-refractivity contribution in [3.63, 3.8) is 0 Å². The molecule has 0 unspecified atom stereocenters. The molecule has 1 aliphatic rings. The van der Waals surface area contributed by atoms with Crippen molar-refractivity contribution in [2.75, 3.05) is 37.7 Å². The van der Waals surface area contributed by atoms with Crippen LogP contribution in [0.2, 0.25) is 0 Å². The van der Waals surface area contributed by atoms with Crippen LogP contribution in [0.15, 0.2) is 48.5 Å². The first-order valence-electron chi connectivity index (χ1n) is 11.5. The van der Waals surface area contributed by atoms with Gasteiger partial charge in [0.2, 0.25) is 0 Å². The lowest BCUT2D eigenvalue weighted by Gasteiger charge is -2.36. The Morgan fingerprint density at radius 2 is 1.71 bits per heavy atom. The smallest absolute Gasteiger partial charge is 0.329 e. The molecule has 0 spiro atoms. The average Bonchev–Trinajstić information content (AvgIpc) is 2.85. The van der Waals surface area contributed by atoms with Crippen LogP contribution in [0.3, 0.4) is 0 Å². The maximum atomic E-state index is 12.7. The van der Waals surface area contributed by atoms with Gasteiger partial charge in [0.15, 0.2) is 6.61 Å². The van der Waals surface area contributed by atoms with E-state index >= 15 is 0 Å². The van der Waals surface area contributed by atoms with Crippen LogP contribution in [-0.2, 0) is 14.3 Å². The summed E-state index contributed by atoms with van der Waals surface area (Å²) < 4.78 is 5.27. The van der Waals surface area contributed by atoms with Gasteiger partial charge in [-0.1, -0.05) is 31.5 Å². The molecule has 1 aliphatic heterocycles. The normalized spacial score (nSPS) is 14.4. The van der Waals surface area contributed by atoms with Crippen molar-refractivity contribution in [2.45, 2.75) is 26.8 Å². The Balaban J connectivity index is 1.49. The fourth-order valence-corrected chi connectivity index (χ4v) is 3.82. The van der Waals surface area contributed by atoms with Gasteiger partial charge in [0.25, 0.3) is 17.5 Å². The number of esters is 1. The van der Waals surface area contributed by atoms with Gasteiger partial charge in [0.05, 0.1) is 4.92 Å². The molecule has 10 heteroatoms. The number of nitro benzene ring substituents is 1. The zero-order valence-electron chi connectivity index (χ0n) is 20.1. The number of aryl methyl sites for hydroxylation is 1. The number of nitro groups is 1. The van der Waals surface area contributed by atoms with Crippen molar-refractivity contribution >= 4 is 29.2 Å². The molecule has 35 heavy (non-hydrogen) atoms. The zero-order chi connectivity index (χ0) is 25.5. The Hall–Kier alpha value is -3.95. The summed E-state index contributed by atoms with van der Waals surface area (Å²) in [5.74, 6) is -1.57. The summed E-state index contributed by atoms with van der Waals surface area (Å²) in [5.41, 5.74) is 2.25. The Labute approximate surface area is 204 Å². The Kier molecular flexibility index (Phi) is 8.40. The molecule has 1 fully saturated rings. The summed E-state index contributed by atoms with van der Waals surface area (Å²) >= 11 is 0. The van der Waals surface area contributed by atoms with E-state index in [2.05, 4.69) is 5.32 Å². The second-order valence-corrected chi connectivity index (χ2v) is 8.81. The van der Waals surface area contributed by atoms with Crippen molar-refractivity contribution in [3.8, 4) is 0 Å². The summed E-state index contributed by atoms with van der Waals surface area (Å²) in [6, 6.07) is 12.5. The predicted octanol–water partition coefficient (Wildman–Crippen LogP) is 2.55. The number of amides is 2. The fraction of sp³-hybridized carbons (Fsp3) is 0.400. The van der Waals surface area contributed by atoms with Gasteiger partial charge in [-0.05, 0) is 37.1 Å². The molecule has 0 saturated carbocycles. The first-order valence-corrected chi connectivity index (χ1v) is 11.5. The molecule has 1 N–H and O–H groups in total. The van der Waals surface area contributed by atoms with Crippen LogP contribution < -0.4 is 10.2 Å². The number of rotatable bonds is 8. The standard InChI is InChI=1S/C25H30N4O6/c1-17(2)23(26-24(31)19-6-4-5-18(3)15-19)25(32)35-16-22(30)28-13-11-27(12-14-28)20-7-9-21(10-8-20)29(33)34/h4-10,15,17,23H,11-14,16H2,1-3H3,(H,26,31)/t23-/m0/s1. The lowest BCUT2D eigenvalue weighted by Crippen LogP contribution is -2.50. The summed E-state index contributed by atoms with van der Waals surface area (Å²) in [6.45, 7) is 7.04. The average molecular weight is 483 g/mol. The molecule has 1 heterocycles. The van der Waals surface area contributed by atoms with Gasteiger partial charge in [-0.25, -0.2) is 4.79 Å². The third kappa shape index (κ3) is 6.78. The third-order valence-corrected chi connectivity index (χ3v) is 5.88. The highest BCUT2D eigenvalue weighted by Gasteiger charge is 2.28. The topological polar surface area (TPSA) is 122 Å². The first kappa shape index (κ1) is 25.7. The highest BCUT2D eigenvalue weighted by molar-refractivity contribution is 5.97. The lowest BCUT2D eigenvalue weighted by atomic mass is 10.0. The van der Waals surface area contributed by atoms with Gasteiger partial charge in [0.1, 0.15) is 6.04 Å². The van der Waals surface area contributed by atoms with Crippen LogP contribution in [0.25, 0.3) is 0 Å². The van der Waals surface area contributed by atoms with Crippen molar-refractivity contribution in [1.29, 1.82) is 0 Å². The number of carbonyl (C=O) groups excluding carboxylic acids is 3. The maximum absolute atomic E-state index is 12.7. The number of hydrogen-bond donors (Lipinski definition) is 1. The summed E-state index contributed by atoms with van der Waals surface area (Å²) in [5, 5.41) is 13.5. The van der Waals surface area contributed by atoms with Crippen LogP contribution in [0, 0.1) is 23.0 Å². The minimum atomic E-state index is -0.880. The molecule has 0 aliphatic carbocycles. The van der Waals surface area contributed by atoms with E-state index in [1.165, 1.54) is 12.1 Å². The molecule has 186 valence electrons. The summed E-state index contributed by atoms with van der Waals surface area (Å²) in [4.78, 5) is 51.9. The number of non-ortho nitro benzene ring substituents is 1. The Morgan fingerprint density at radius 1 is 1.06 bits per heavy atom. The van der Waals surface area contributed by atoms with Gasteiger partial charge >= 0.3 is 5.97 Å². The molecular weight excluding hydrogens is 452 g/mol. The van der Waals surface area contributed by atoms with Crippen LogP contribution in [0.1, 0.15) is 29.8 Å². The van der Waals surface area contributed by atoms with E-state index in [1.54, 1.807) is 49.1 Å². The van der Waals surface area contributed by atoms with Crippen LogP contribution in [-0.4, -0.2) is 66.4 Å². The van der Waals surface area contributed by atoms with E-state index in [4.69, 9.17) is 4.74 Å². The number of ether oxygens (including phenoxy) is 1. The monoisotopic (exact) mass is 482 g/mol. The van der Waals surface area contributed by atoms with E-state index in [-0.39, 0.29) is 23.4 Å². The molecule has 0 aromatic heterocycles. The van der Waals surface area contributed by atoms with Crippen LogP contribution in [0.4, 0.5) is 11.4 Å². The number of anilines is 1. The Morgan fingerprint density at radius 3 is 2.29 bits per heavy atom. The van der Waals surface area contributed by atoms with Crippen LogP contribution >= 0.6 is 0 Å². The van der Waals surface area contributed by atoms with E-state index < -0.39 is 23.5 Å². The number of nitrogens with one attached hydrogen (secondary N) is 1. The van der Waals surface area contributed by atoms with Gasteiger partial charge < -0.3 is 19.9 Å². The predicted molar refractivity (Wildman–Crippen MR) is 130 cm³/mol. The number of carbonyl (C=O) groups is 3. The molecule has 2 amide bonds. The number of hydrogen-bond acceptors (Lipinski definition) is 7. The number of piperazine rings is 1. The minimum Gasteiger partial charge on any atom is -0.454 e. The number of benzene rings is 2. The van der Waals surface area contributed by atoms with E-state index in [1.807, 2.05) is 17.9 Å². The third-order valence-electron chi connectivity index (χ3n) is 5.88. The van der Waals surface area contributed by atoms with E-state index in [0.717, 1.165) is 11.3 Å². The molecule has 3 rings (SSSR count). The number of nitrogens with zero attached hydrogens (tertiary/aromatic N) is 3. The van der Waals surface area contributed by atoms with Gasteiger partial charge in [-0.3, -0.25) is 19.7 Å². The zero-order valence-corrected chi connectivity index (χ0v) is 20.1. The second kappa shape index (κ2) is 11.5. The highest BCUT2D eigenvalue weighted by atomic mass is 16.6.